The molecule has 146 valence electrons. The summed E-state index contributed by atoms with van der Waals surface area (Å²) in [4.78, 5) is 18.9. The molecule has 3 rings (SSSR count). The maximum Gasteiger partial charge on any atom is 0.283 e. The van der Waals surface area contributed by atoms with Crippen molar-refractivity contribution in [3.05, 3.63) is 44.7 Å². The summed E-state index contributed by atoms with van der Waals surface area (Å²) >= 11 is 7.52. The fraction of sp³-hybridized carbons (Fsp3) is 0.500. The number of methoxy groups -OCH3 is 1. The van der Waals surface area contributed by atoms with Crippen LogP contribution in [0.3, 0.4) is 0 Å². The molecule has 1 aliphatic carbocycles. The first kappa shape index (κ1) is 20.1. The second kappa shape index (κ2) is 7.41. The van der Waals surface area contributed by atoms with Gasteiger partial charge in [0.25, 0.3) is 5.91 Å². The molecule has 27 heavy (non-hydrogen) atoms. The first-order valence-electron chi connectivity index (χ1n) is 8.97. The third kappa shape index (κ3) is 4.45. The zero-order valence-electron chi connectivity index (χ0n) is 16.1. The smallest absolute Gasteiger partial charge is 0.283 e. The number of hydrogen-bond donors (Lipinski definition) is 1. The van der Waals surface area contributed by atoms with E-state index in [0.717, 1.165) is 24.1 Å². The van der Waals surface area contributed by atoms with Gasteiger partial charge in [0.2, 0.25) is 0 Å². The van der Waals surface area contributed by atoms with Crippen LogP contribution in [0.4, 0.5) is 0 Å². The molecule has 1 aromatic carbocycles. The summed E-state index contributed by atoms with van der Waals surface area (Å²) in [6, 6.07) is 4.89. The number of carbonyl (C=O) groups is 1. The van der Waals surface area contributed by atoms with Crippen LogP contribution in [0.1, 0.15) is 55.3 Å². The lowest BCUT2D eigenvalue weighted by molar-refractivity contribution is -0.0478. The summed E-state index contributed by atoms with van der Waals surface area (Å²) in [5.74, 6) is 0.0240. The van der Waals surface area contributed by atoms with Gasteiger partial charge in [-0.15, -0.1) is 11.3 Å². The molecule has 0 spiro atoms. The number of aromatic nitrogens is 1. The third-order valence-electron chi connectivity index (χ3n) is 4.80. The van der Waals surface area contributed by atoms with Gasteiger partial charge in [0, 0.05) is 16.1 Å². The maximum absolute atomic E-state index is 12.8. The van der Waals surface area contributed by atoms with E-state index in [1.54, 1.807) is 18.2 Å². The van der Waals surface area contributed by atoms with Gasteiger partial charge in [0.1, 0.15) is 5.75 Å². The number of carbonyl (C=O) groups excluding carboxylic acids is 1. The van der Waals surface area contributed by atoms with Crippen molar-refractivity contribution in [2.45, 2.75) is 57.6 Å². The van der Waals surface area contributed by atoms with Gasteiger partial charge >= 0.3 is 0 Å². The Kier molecular flexibility index (Phi) is 5.52. The van der Waals surface area contributed by atoms with Gasteiger partial charge in [-0.2, -0.15) is 4.99 Å². The van der Waals surface area contributed by atoms with E-state index in [1.807, 2.05) is 10.8 Å². The van der Waals surface area contributed by atoms with E-state index in [-0.39, 0.29) is 5.41 Å². The predicted octanol–water partition coefficient (Wildman–Crippen LogP) is 4.17. The van der Waals surface area contributed by atoms with Crippen molar-refractivity contribution in [2.75, 3.05) is 7.11 Å². The highest BCUT2D eigenvalue weighted by molar-refractivity contribution is 7.09. The minimum absolute atomic E-state index is 0.0702. The van der Waals surface area contributed by atoms with Gasteiger partial charge in [-0.1, -0.05) is 32.4 Å². The Labute approximate surface area is 168 Å². The molecule has 0 aliphatic heterocycles. The second-order valence-electron chi connectivity index (χ2n) is 8.10. The van der Waals surface area contributed by atoms with Gasteiger partial charge in [-0.05, 0) is 42.9 Å². The Balaban J connectivity index is 2.05. The minimum Gasteiger partial charge on any atom is -0.496 e. The van der Waals surface area contributed by atoms with Crippen LogP contribution in [0.2, 0.25) is 5.02 Å². The fourth-order valence-corrected chi connectivity index (χ4v) is 4.20. The van der Waals surface area contributed by atoms with Gasteiger partial charge < -0.3 is 14.4 Å². The topological polar surface area (TPSA) is 63.8 Å². The average Bonchev–Trinajstić information content (AvgIpc) is 2.96. The van der Waals surface area contributed by atoms with Crippen LogP contribution < -0.4 is 9.54 Å². The molecule has 1 amide bonds. The summed E-state index contributed by atoms with van der Waals surface area (Å²) in [5.41, 5.74) is -0.453. The zero-order chi connectivity index (χ0) is 19.8. The predicted molar refractivity (Wildman–Crippen MR) is 108 cm³/mol. The normalized spacial score (nSPS) is 16.9. The van der Waals surface area contributed by atoms with Gasteiger partial charge in [-0.3, -0.25) is 4.79 Å². The third-order valence-corrected chi connectivity index (χ3v) is 6.48. The Morgan fingerprint density at radius 3 is 2.67 bits per heavy atom. The lowest BCUT2D eigenvalue weighted by atomic mass is 9.80. The highest BCUT2D eigenvalue weighted by Crippen LogP contribution is 2.34. The van der Waals surface area contributed by atoms with E-state index in [2.05, 4.69) is 25.8 Å². The molecule has 1 heterocycles. The number of ether oxygens (including phenoxy) is 1. The number of rotatable bonds is 4. The number of halogens is 1. The van der Waals surface area contributed by atoms with Gasteiger partial charge in [-0.25, -0.2) is 0 Å². The number of amides is 1. The monoisotopic (exact) mass is 408 g/mol. The number of nitrogens with zero attached hydrogens (tertiary/aromatic N) is 2. The molecule has 1 aliphatic rings. The molecule has 0 bridgehead atoms. The molecule has 2 aromatic rings. The quantitative estimate of drug-likeness (QED) is 0.825. The van der Waals surface area contributed by atoms with Crippen LogP contribution in [-0.2, 0) is 12.0 Å². The van der Waals surface area contributed by atoms with Crippen molar-refractivity contribution in [1.29, 1.82) is 0 Å². The van der Waals surface area contributed by atoms with E-state index in [1.165, 1.54) is 18.4 Å². The van der Waals surface area contributed by atoms with E-state index >= 15 is 0 Å². The maximum atomic E-state index is 12.8. The largest absolute Gasteiger partial charge is 0.496 e. The standard InChI is InChI=1S/C20H25ClN2O3S/c1-19(2,3)16-11-23(12-20(25)8-5-9-20)18(27-16)22-17(24)14-10-13(21)6-7-15(14)26-4/h6-7,10-11,25H,5,8-9,12H2,1-4H3/b22-18-. The van der Waals surface area contributed by atoms with E-state index < -0.39 is 11.5 Å². The van der Waals surface area contributed by atoms with Gasteiger partial charge in [0.15, 0.2) is 4.80 Å². The molecule has 0 unspecified atom stereocenters. The summed E-state index contributed by atoms with van der Waals surface area (Å²) in [6.45, 7) is 6.80. The van der Waals surface area contributed by atoms with Crippen LogP contribution in [0.5, 0.6) is 5.75 Å². The molecule has 0 saturated heterocycles. The summed E-state index contributed by atoms with van der Waals surface area (Å²) in [7, 11) is 1.51. The summed E-state index contributed by atoms with van der Waals surface area (Å²) in [6.07, 6.45) is 4.58. The van der Waals surface area contributed by atoms with Crippen molar-refractivity contribution in [3.8, 4) is 5.75 Å². The van der Waals surface area contributed by atoms with E-state index in [0.29, 0.717) is 27.7 Å². The van der Waals surface area contributed by atoms with Crippen LogP contribution in [0, 0.1) is 0 Å². The Bertz CT molecular complexity index is 920. The number of benzene rings is 1. The molecule has 0 atom stereocenters. The van der Waals surface area contributed by atoms with Gasteiger partial charge in [0.05, 0.1) is 24.8 Å². The Morgan fingerprint density at radius 2 is 2.11 bits per heavy atom. The molecule has 7 heteroatoms. The van der Waals surface area contributed by atoms with Crippen LogP contribution in [-0.4, -0.2) is 28.3 Å². The molecule has 5 nitrogen and oxygen atoms in total. The van der Waals surface area contributed by atoms with Crippen molar-refractivity contribution in [1.82, 2.24) is 4.57 Å². The first-order chi connectivity index (χ1) is 12.6. The van der Waals surface area contributed by atoms with Crippen molar-refractivity contribution >= 4 is 28.8 Å². The lowest BCUT2D eigenvalue weighted by Crippen LogP contribution is -2.42. The van der Waals surface area contributed by atoms with Crippen LogP contribution in [0.15, 0.2) is 29.4 Å². The fourth-order valence-electron chi connectivity index (χ4n) is 2.98. The molecule has 1 aromatic heterocycles. The molecule has 0 radical (unpaired) electrons. The molecular weight excluding hydrogens is 384 g/mol. The number of aliphatic hydroxyl groups is 1. The molecule has 1 N–H and O–H groups in total. The number of hydrogen-bond acceptors (Lipinski definition) is 4. The molecule has 1 fully saturated rings. The van der Waals surface area contributed by atoms with Crippen LogP contribution >= 0.6 is 22.9 Å². The molecule has 1 saturated carbocycles. The minimum atomic E-state index is -0.706. The van der Waals surface area contributed by atoms with Crippen molar-refractivity contribution in [3.63, 3.8) is 0 Å². The van der Waals surface area contributed by atoms with Crippen LogP contribution in [0.25, 0.3) is 0 Å². The van der Waals surface area contributed by atoms with E-state index in [4.69, 9.17) is 16.3 Å². The highest BCUT2D eigenvalue weighted by Gasteiger charge is 2.35. The first-order valence-corrected chi connectivity index (χ1v) is 10.2. The average molecular weight is 409 g/mol. The zero-order valence-corrected chi connectivity index (χ0v) is 17.7. The van der Waals surface area contributed by atoms with Crippen molar-refractivity contribution < 1.29 is 14.6 Å². The Morgan fingerprint density at radius 1 is 1.41 bits per heavy atom. The lowest BCUT2D eigenvalue weighted by Gasteiger charge is -2.36. The highest BCUT2D eigenvalue weighted by atomic mass is 35.5. The Hall–Kier alpha value is -1.63. The molecular formula is C20H25ClN2O3S. The van der Waals surface area contributed by atoms with E-state index in [9.17, 15) is 9.90 Å². The summed E-state index contributed by atoms with van der Waals surface area (Å²) in [5, 5.41) is 11.0. The summed E-state index contributed by atoms with van der Waals surface area (Å²) < 4.78 is 7.18. The number of thiazole rings is 1. The van der Waals surface area contributed by atoms with Crippen molar-refractivity contribution in [2.24, 2.45) is 4.99 Å². The SMILES string of the molecule is COc1ccc(Cl)cc1C(=O)/N=c1\sc(C(C)(C)C)cn1CC1(O)CCC1. The second-order valence-corrected chi connectivity index (χ2v) is 9.54.